The average Bonchev–Trinajstić information content (AvgIpc) is 3.66. The monoisotopic (exact) mass is 549 g/mol. The average molecular weight is 550 g/mol. The number of hydrogen-bond acceptors (Lipinski definition) is 7. The molecule has 204 valence electrons. The quantitative estimate of drug-likeness (QED) is 0.213. The van der Waals surface area contributed by atoms with Gasteiger partial charge in [0.2, 0.25) is 0 Å². The van der Waals surface area contributed by atoms with Crippen LogP contribution >= 0.6 is 0 Å². The summed E-state index contributed by atoms with van der Waals surface area (Å²) in [6, 6.07) is 14.3. The largest absolute Gasteiger partial charge is 0.457 e. The van der Waals surface area contributed by atoms with Gasteiger partial charge in [-0.3, -0.25) is 15.4 Å². The molecule has 0 atom stereocenters. The van der Waals surface area contributed by atoms with Gasteiger partial charge in [-0.2, -0.15) is 10.2 Å². The second-order valence-corrected chi connectivity index (χ2v) is 9.47. The number of anilines is 2. The Morgan fingerprint density at radius 3 is 2.68 bits per heavy atom. The normalized spacial score (nSPS) is 11.1. The molecule has 0 fully saturated rings. The summed E-state index contributed by atoms with van der Waals surface area (Å²) in [6.45, 7) is 4.02. The Hall–Kier alpha value is -5.65. The first-order valence-electron chi connectivity index (χ1n) is 12.7. The SMILES string of the molecule is CC(C)c1cc(NC(=O)Nc2ccc(Oc3ccnc(-c4cn[nH]c4)c3)cc2F)n(-c2ccc3ncncc3c2)n1. The summed E-state index contributed by atoms with van der Waals surface area (Å²) in [5.74, 6) is 0.618. The number of hydrogen-bond donors (Lipinski definition) is 3. The van der Waals surface area contributed by atoms with Crippen LogP contribution in [-0.4, -0.2) is 41.0 Å². The minimum absolute atomic E-state index is 0.0123. The van der Waals surface area contributed by atoms with E-state index in [0.717, 1.165) is 22.2 Å². The van der Waals surface area contributed by atoms with Crippen molar-refractivity contribution in [1.29, 1.82) is 0 Å². The molecule has 3 N–H and O–H groups in total. The fraction of sp³-hybridized carbons (Fsp3) is 0.103. The molecule has 12 heteroatoms. The number of halogens is 1. The number of carbonyl (C=O) groups is 1. The Labute approximate surface area is 233 Å². The summed E-state index contributed by atoms with van der Waals surface area (Å²) in [5.41, 5.74) is 3.73. The number of aromatic amines is 1. The van der Waals surface area contributed by atoms with Crippen LogP contribution < -0.4 is 15.4 Å². The molecule has 0 saturated carbocycles. The summed E-state index contributed by atoms with van der Waals surface area (Å²) < 4.78 is 22.4. The molecule has 0 saturated heterocycles. The molecule has 2 amide bonds. The number of benzene rings is 2. The Morgan fingerprint density at radius 1 is 1.00 bits per heavy atom. The van der Waals surface area contributed by atoms with Gasteiger partial charge in [-0.25, -0.2) is 23.8 Å². The first kappa shape index (κ1) is 25.6. The van der Waals surface area contributed by atoms with Crippen molar-refractivity contribution < 1.29 is 13.9 Å². The summed E-state index contributed by atoms with van der Waals surface area (Å²) in [7, 11) is 0. The van der Waals surface area contributed by atoms with Gasteiger partial charge in [0.1, 0.15) is 29.5 Å². The highest BCUT2D eigenvalue weighted by molar-refractivity contribution is 5.99. The van der Waals surface area contributed by atoms with Gasteiger partial charge in [0.15, 0.2) is 0 Å². The second kappa shape index (κ2) is 10.8. The molecule has 4 aromatic heterocycles. The number of nitrogens with one attached hydrogen (secondary N) is 3. The van der Waals surface area contributed by atoms with Crippen molar-refractivity contribution in [2.75, 3.05) is 10.6 Å². The van der Waals surface area contributed by atoms with Crippen molar-refractivity contribution in [2.45, 2.75) is 19.8 Å². The molecular weight excluding hydrogens is 525 g/mol. The molecule has 0 spiro atoms. The summed E-state index contributed by atoms with van der Waals surface area (Å²) >= 11 is 0. The minimum Gasteiger partial charge on any atom is -0.457 e. The van der Waals surface area contributed by atoms with Crippen LogP contribution in [0.2, 0.25) is 0 Å². The maximum absolute atomic E-state index is 15.0. The summed E-state index contributed by atoms with van der Waals surface area (Å²) in [5, 5.41) is 17.5. The zero-order valence-corrected chi connectivity index (χ0v) is 22.0. The van der Waals surface area contributed by atoms with Gasteiger partial charge < -0.3 is 10.1 Å². The van der Waals surface area contributed by atoms with E-state index in [0.29, 0.717) is 22.9 Å². The van der Waals surface area contributed by atoms with Crippen molar-refractivity contribution in [3.05, 3.63) is 97.2 Å². The number of fused-ring (bicyclic) bond motifs is 1. The third-order valence-electron chi connectivity index (χ3n) is 6.24. The molecule has 11 nitrogen and oxygen atoms in total. The zero-order valence-electron chi connectivity index (χ0n) is 22.0. The third-order valence-corrected chi connectivity index (χ3v) is 6.24. The summed E-state index contributed by atoms with van der Waals surface area (Å²) in [4.78, 5) is 25.6. The first-order valence-corrected chi connectivity index (χ1v) is 12.7. The number of aromatic nitrogens is 7. The van der Waals surface area contributed by atoms with E-state index in [1.165, 1.54) is 18.5 Å². The minimum atomic E-state index is -0.660. The van der Waals surface area contributed by atoms with Gasteiger partial charge in [-0.05, 0) is 42.3 Å². The summed E-state index contributed by atoms with van der Waals surface area (Å²) in [6.07, 6.45) is 8.15. The van der Waals surface area contributed by atoms with Crippen LogP contribution in [0.3, 0.4) is 0 Å². The van der Waals surface area contributed by atoms with Crippen molar-refractivity contribution >= 4 is 28.4 Å². The standard InChI is InChI=1S/C29H24FN9O2/c1-17(2)26-12-28(39(38-26)20-3-5-24-18(9-20)13-31-16-33-24)37-29(40)36-25-6-4-21(10-23(25)30)41-22-7-8-32-27(11-22)19-14-34-35-15-19/h3-17H,1-2H3,(H,34,35)(H2,36,37,40). The van der Waals surface area contributed by atoms with Crippen LogP contribution in [0.25, 0.3) is 27.8 Å². The predicted molar refractivity (Wildman–Crippen MR) is 152 cm³/mol. The lowest BCUT2D eigenvalue weighted by Gasteiger charge is -2.12. The van der Waals surface area contributed by atoms with E-state index in [9.17, 15) is 9.18 Å². The molecule has 6 aromatic rings. The topological polar surface area (TPSA) is 136 Å². The fourth-order valence-electron chi connectivity index (χ4n) is 4.16. The Balaban J connectivity index is 1.18. The van der Waals surface area contributed by atoms with Crippen LogP contribution in [0.5, 0.6) is 11.5 Å². The Morgan fingerprint density at radius 2 is 1.88 bits per heavy atom. The van der Waals surface area contributed by atoms with E-state index in [1.807, 2.05) is 32.0 Å². The molecule has 4 heterocycles. The van der Waals surface area contributed by atoms with Gasteiger partial charge in [0, 0.05) is 47.7 Å². The van der Waals surface area contributed by atoms with Crippen molar-refractivity contribution in [2.24, 2.45) is 0 Å². The van der Waals surface area contributed by atoms with Crippen LogP contribution in [0, 0.1) is 5.82 Å². The number of carbonyl (C=O) groups excluding carboxylic acids is 1. The molecule has 0 aliphatic rings. The van der Waals surface area contributed by atoms with Crippen molar-refractivity contribution in [3.8, 4) is 28.4 Å². The van der Waals surface area contributed by atoms with Gasteiger partial charge in [-0.1, -0.05) is 13.8 Å². The Kier molecular flexibility index (Phi) is 6.78. The number of rotatable bonds is 7. The van der Waals surface area contributed by atoms with Crippen molar-refractivity contribution in [1.82, 2.24) is 34.9 Å². The van der Waals surface area contributed by atoms with Crippen molar-refractivity contribution in [3.63, 3.8) is 0 Å². The lowest BCUT2D eigenvalue weighted by molar-refractivity contribution is 0.262. The molecule has 0 unspecified atom stereocenters. The fourth-order valence-corrected chi connectivity index (χ4v) is 4.16. The van der Waals surface area contributed by atoms with Gasteiger partial charge in [-0.15, -0.1) is 0 Å². The van der Waals surface area contributed by atoms with Gasteiger partial charge >= 0.3 is 6.03 Å². The number of nitrogens with zero attached hydrogens (tertiary/aromatic N) is 6. The van der Waals surface area contributed by atoms with E-state index in [4.69, 9.17) is 4.74 Å². The molecule has 0 radical (unpaired) electrons. The predicted octanol–water partition coefficient (Wildman–Crippen LogP) is 6.30. The number of ether oxygens (including phenoxy) is 1. The van der Waals surface area contributed by atoms with E-state index in [-0.39, 0.29) is 17.4 Å². The van der Waals surface area contributed by atoms with Crippen LogP contribution in [0.1, 0.15) is 25.5 Å². The number of urea groups is 1. The smallest absolute Gasteiger partial charge is 0.324 e. The lowest BCUT2D eigenvalue weighted by Crippen LogP contribution is -2.22. The number of pyridine rings is 1. The highest BCUT2D eigenvalue weighted by Gasteiger charge is 2.16. The molecule has 41 heavy (non-hydrogen) atoms. The zero-order chi connectivity index (χ0) is 28.3. The second-order valence-electron chi connectivity index (χ2n) is 9.47. The maximum Gasteiger partial charge on any atom is 0.324 e. The highest BCUT2D eigenvalue weighted by Crippen LogP contribution is 2.29. The third kappa shape index (κ3) is 5.57. The molecule has 2 aromatic carbocycles. The van der Waals surface area contributed by atoms with Gasteiger partial charge in [0.25, 0.3) is 0 Å². The van der Waals surface area contributed by atoms with Crippen LogP contribution in [0.4, 0.5) is 20.7 Å². The Bertz CT molecular complexity index is 1850. The van der Waals surface area contributed by atoms with E-state index in [1.54, 1.807) is 53.7 Å². The molecule has 6 rings (SSSR count). The highest BCUT2D eigenvalue weighted by atomic mass is 19.1. The van der Waals surface area contributed by atoms with Crippen LogP contribution in [0.15, 0.2) is 85.7 Å². The molecule has 0 aliphatic heterocycles. The molecule has 0 aliphatic carbocycles. The van der Waals surface area contributed by atoms with E-state index in [2.05, 4.69) is 40.9 Å². The lowest BCUT2D eigenvalue weighted by atomic mass is 10.1. The number of amides is 2. The first-order chi connectivity index (χ1) is 19.9. The van der Waals surface area contributed by atoms with Gasteiger partial charge in [0.05, 0.1) is 34.5 Å². The van der Waals surface area contributed by atoms with Crippen LogP contribution in [-0.2, 0) is 0 Å². The van der Waals surface area contributed by atoms with E-state index < -0.39 is 11.8 Å². The molecular formula is C29H24FN9O2. The van der Waals surface area contributed by atoms with E-state index >= 15 is 0 Å². The number of H-pyrrole nitrogens is 1. The maximum atomic E-state index is 15.0. The molecule has 0 bridgehead atoms.